The second-order valence-electron chi connectivity index (χ2n) is 5.96. The lowest BCUT2D eigenvalue weighted by molar-refractivity contribution is -0.113. The zero-order valence-corrected chi connectivity index (χ0v) is 15.2. The van der Waals surface area contributed by atoms with Crippen LogP contribution >= 0.6 is 11.8 Å². The monoisotopic (exact) mass is 383 g/mol. The van der Waals surface area contributed by atoms with E-state index >= 15 is 0 Å². The molecule has 1 N–H and O–H groups in total. The molecule has 9 heteroatoms. The Labute approximate surface area is 149 Å². The Hall–Kier alpha value is -1.87. The van der Waals surface area contributed by atoms with E-state index in [1.807, 2.05) is 0 Å². The predicted molar refractivity (Wildman–Crippen MR) is 95.0 cm³/mol. The number of halogens is 1. The molecule has 0 saturated carbocycles. The maximum absolute atomic E-state index is 12.9. The fourth-order valence-corrected chi connectivity index (χ4v) is 5.11. The molecule has 0 bridgehead atoms. The Kier molecular flexibility index (Phi) is 5.14. The third kappa shape index (κ3) is 4.60. The molecule has 0 radical (unpaired) electrons. The van der Waals surface area contributed by atoms with Crippen molar-refractivity contribution in [3.8, 4) is 0 Å². The van der Waals surface area contributed by atoms with Crippen LogP contribution in [0.1, 0.15) is 18.2 Å². The van der Waals surface area contributed by atoms with Crippen molar-refractivity contribution in [2.45, 2.75) is 24.3 Å². The highest BCUT2D eigenvalue weighted by molar-refractivity contribution is 8.00. The highest BCUT2D eigenvalue weighted by Gasteiger charge is 2.31. The van der Waals surface area contributed by atoms with E-state index in [1.165, 1.54) is 23.9 Å². The van der Waals surface area contributed by atoms with Crippen molar-refractivity contribution < 1.29 is 17.6 Å². The van der Waals surface area contributed by atoms with Gasteiger partial charge in [-0.05, 0) is 37.6 Å². The van der Waals surface area contributed by atoms with Gasteiger partial charge in [0, 0.05) is 11.0 Å². The van der Waals surface area contributed by atoms with E-state index in [9.17, 15) is 17.6 Å². The smallest absolute Gasteiger partial charge is 0.235 e. The molecular formula is C16H18FN3O3S2. The van der Waals surface area contributed by atoms with Crippen LogP contribution in [0.3, 0.4) is 0 Å². The van der Waals surface area contributed by atoms with Crippen molar-refractivity contribution >= 4 is 33.3 Å². The second kappa shape index (κ2) is 7.17. The Morgan fingerprint density at radius 2 is 2.12 bits per heavy atom. The number of hydrogen-bond donors (Lipinski definition) is 1. The minimum Gasteiger partial charge on any atom is -0.310 e. The third-order valence-corrected chi connectivity index (χ3v) is 6.63. The minimum absolute atomic E-state index is 0.0430. The molecule has 1 aromatic carbocycles. The summed E-state index contributed by atoms with van der Waals surface area (Å²) < 4.78 is 37.8. The zero-order valence-electron chi connectivity index (χ0n) is 13.6. The van der Waals surface area contributed by atoms with Crippen molar-refractivity contribution in [2.75, 3.05) is 22.6 Å². The quantitative estimate of drug-likeness (QED) is 0.802. The number of nitrogens with one attached hydrogen (secondary N) is 1. The number of sulfone groups is 1. The van der Waals surface area contributed by atoms with Crippen LogP contribution in [0, 0.1) is 12.7 Å². The molecule has 1 unspecified atom stereocenters. The average Bonchev–Trinajstić information content (AvgIpc) is 3.08. The summed E-state index contributed by atoms with van der Waals surface area (Å²) in [7, 11) is -3.04. The Morgan fingerprint density at radius 3 is 2.76 bits per heavy atom. The third-order valence-electron chi connectivity index (χ3n) is 3.86. The lowest BCUT2D eigenvalue weighted by Gasteiger charge is -2.13. The number of aryl methyl sites for hydroxylation is 1. The molecule has 3 rings (SSSR count). The molecular weight excluding hydrogens is 365 g/mol. The second-order valence-corrected chi connectivity index (χ2v) is 9.24. The van der Waals surface area contributed by atoms with Crippen LogP contribution in [0.25, 0.3) is 0 Å². The molecule has 2 aromatic rings. The summed E-state index contributed by atoms with van der Waals surface area (Å²) in [6, 6.07) is 7.40. The SMILES string of the molecule is Cc1cc(NC(=O)CSc2ccc(F)cc2)n(C2CCS(=O)(=O)C2)n1. The minimum atomic E-state index is -3.04. The fraction of sp³-hybridized carbons (Fsp3) is 0.375. The Morgan fingerprint density at radius 1 is 1.40 bits per heavy atom. The predicted octanol–water partition coefficient (Wildman–Crippen LogP) is 2.42. The number of anilines is 1. The summed E-state index contributed by atoms with van der Waals surface area (Å²) in [6.45, 7) is 1.79. The van der Waals surface area contributed by atoms with E-state index in [-0.39, 0.29) is 35.0 Å². The molecule has 134 valence electrons. The standard InChI is InChI=1S/C16H18FN3O3S2/c1-11-8-15(20(19-11)13-6-7-25(22,23)10-13)18-16(21)9-24-14-4-2-12(17)3-5-14/h2-5,8,13H,6-7,9-10H2,1H3,(H,18,21). The van der Waals surface area contributed by atoms with E-state index in [2.05, 4.69) is 10.4 Å². The topological polar surface area (TPSA) is 81.1 Å². The van der Waals surface area contributed by atoms with Crippen LogP contribution in [0.4, 0.5) is 10.2 Å². The van der Waals surface area contributed by atoms with Crippen molar-refractivity contribution in [1.82, 2.24) is 9.78 Å². The molecule has 1 aliphatic heterocycles. The lowest BCUT2D eigenvalue weighted by atomic mass is 10.3. The molecule has 1 aliphatic rings. The van der Waals surface area contributed by atoms with Gasteiger partial charge in [0.25, 0.3) is 0 Å². The van der Waals surface area contributed by atoms with Gasteiger partial charge in [0.1, 0.15) is 11.6 Å². The van der Waals surface area contributed by atoms with Gasteiger partial charge in [-0.15, -0.1) is 11.8 Å². The first-order valence-corrected chi connectivity index (χ1v) is 10.6. The number of carbonyl (C=O) groups excluding carboxylic acids is 1. The molecule has 6 nitrogen and oxygen atoms in total. The van der Waals surface area contributed by atoms with Crippen molar-refractivity contribution in [3.05, 3.63) is 41.8 Å². The molecule has 1 amide bonds. The molecule has 1 saturated heterocycles. The molecule has 2 heterocycles. The highest BCUT2D eigenvalue weighted by Crippen LogP contribution is 2.27. The number of thioether (sulfide) groups is 1. The number of aromatic nitrogens is 2. The van der Waals surface area contributed by atoms with E-state index in [0.717, 1.165) is 4.90 Å². The van der Waals surface area contributed by atoms with Crippen LogP contribution < -0.4 is 5.32 Å². The number of nitrogens with zero attached hydrogens (tertiary/aromatic N) is 2. The van der Waals surface area contributed by atoms with Crippen LogP contribution in [-0.2, 0) is 14.6 Å². The maximum Gasteiger partial charge on any atom is 0.235 e. The van der Waals surface area contributed by atoms with Crippen molar-refractivity contribution in [1.29, 1.82) is 0 Å². The summed E-state index contributed by atoms with van der Waals surface area (Å²) in [4.78, 5) is 13.0. The largest absolute Gasteiger partial charge is 0.310 e. The van der Waals surface area contributed by atoms with Crippen LogP contribution in [0.5, 0.6) is 0 Å². The lowest BCUT2D eigenvalue weighted by Crippen LogP contribution is -2.20. The van der Waals surface area contributed by atoms with Gasteiger partial charge in [-0.25, -0.2) is 17.5 Å². The Bertz CT molecular complexity index is 879. The molecule has 1 aromatic heterocycles. The highest BCUT2D eigenvalue weighted by atomic mass is 32.2. The first kappa shape index (κ1) is 17.9. The van der Waals surface area contributed by atoms with Gasteiger partial charge in [-0.2, -0.15) is 5.10 Å². The van der Waals surface area contributed by atoms with Crippen LogP contribution in [0.2, 0.25) is 0 Å². The summed E-state index contributed by atoms with van der Waals surface area (Å²) in [5.74, 6) is 0.310. The van der Waals surface area contributed by atoms with Gasteiger partial charge < -0.3 is 5.32 Å². The van der Waals surface area contributed by atoms with Gasteiger partial charge >= 0.3 is 0 Å². The molecule has 0 aliphatic carbocycles. The first-order chi connectivity index (χ1) is 11.8. The summed E-state index contributed by atoms with van der Waals surface area (Å²) in [5.41, 5.74) is 0.714. The number of amides is 1. The summed E-state index contributed by atoms with van der Waals surface area (Å²) in [6.07, 6.45) is 0.497. The zero-order chi connectivity index (χ0) is 18.0. The van der Waals surface area contributed by atoms with Crippen LogP contribution in [0.15, 0.2) is 35.2 Å². The van der Waals surface area contributed by atoms with E-state index in [4.69, 9.17) is 0 Å². The molecule has 0 spiro atoms. The van der Waals surface area contributed by atoms with Crippen molar-refractivity contribution in [2.24, 2.45) is 0 Å². The molecule has 25 heavy (non-hydrogen) atoms. The van der Waals surface area contributed by atoms with E-state index in [1.54, 1.807) is 29.8 Å². The van der Waals surface area contributed by atoms with Crippen molar-refractivity contribution in [3.63, 3.8) is 0 Å². The first-order valence-electron chi connectivity index (χ1n) is 7.77. The van der Waals surface area contributed by atoms with Gasteiger partial charge in [0.05, 0.1) is 29.0 Å². The maximum atomic E-state index is 12.9. The number of hydrogen-bond acceptors (Lipinski definition) is 5. The molecule has 1 fully saturated rings. The van der Waals surface area contributed by atoms with Gasteiger partial charge in [0.2, 0.25) is 5.91 Å². The molecule has 1 atom stereocenters. The van der Waals surface area contributed by atoms with Gasteiger partial charge in [0.15, 0.2) is 9.84 Å². The van der Waals surface area contributed by atoms with Gasteiger partial charge in [-0.3, -0.25) is 4.79 Å². The van der Waals surface area contributed by atoms with Crippen LogP contribution in [-0.4, -0.2) is 41.4 Å². The number of benzene rings is 1. The average molecular weight is 383 g/mol. The normalized spacial score (nSPS) is 19.0. The number of carbonyl (C=O) groups is 1. The fourth-order valence-electron chi connectivity index (χ4n) is 2.72. The van der Waals surface area contributed by atoms with E-state index in [0.29, 0.717) is 17.9 Å². The van der Waals surface area contributed by atoms with E-state index < -0.39 is 9.84 Å². The number of rotatable bonds is 5. The Balaban J connectivity index is 1.64. The summed E-state index contributed by atoms with van der Waals surface area (Å²) in [5, 5.41) is 7.12. The van der Waals surface area contributed by atoms with Gasteiger partial charge in [-0.1, -0.05) is 0 Å². The summed E-state index contributed by atoms with van der Waals surface area (Å²) >= 11 is 1.30.